The van der Waals surface area contributed by atoms with Crippen LogP contribution in [0.3, 0.4) is 0 Å². The van der Waals surface area contributed by atoms with Crippen LogP contribution < -0.4 is 5.32 Å². The Morgan fingerprint density at radius 3 is 2.87 bits per heavy atom. The molecule has 1 aliphatic heterocycles. The van der Waals surface area contributed by atoms with Crippen LogP contribution in [0, 0.1) is 0 Å². The minimum Gasteiger partial charge on any atom is -0.376 e. The molecule has 0 spiro atoms. The quantitative estimate of drug-likeness (QED) is 0.913. The van der Waals surface area contributed by atoms with Crippen LogP contribution in [0.2, 0.25) is 0 Å². The third kappa shape index (κ3) is 4.05. The summed E-state index contributed by atoms with van der Waals surface area (Å²) >= 11 is 1.32. The number of carbonyl (C=O) groups excluding carboxylic acids is 1. The molecule has 122 valence electrons. The molecule has 0 bridgehead atoms. The van der Waals surface area contributed by atoms with Crippen LogP contribution in [-0.4, -0.2) is 46.3 Å². The molecule has 1 aromatic carbocycles. The van der Waals surface area contributed by atoms with E-state index in [4.69, 9.17) is 4.74 Å². The van der Waals surface area contributed by atoms with Crippen LogP contribution in [0.15, 0.2) is 29.6 Å². The van der Waals surface area contributed by atoms with Gasteiger partial charge in [-0.2, -0.15) is 0 Å². The molecule has 6 nitrogen and oxygen atoms in total. The molecule has 0 unspecified atom stereocenters. The lowest BCUT2D eigenvalue weighted by molar-refractivity contribution is 0.0849. The molecule has 1 saturated heterocycles. The van der Waals surface area contributed by atoms with Gasteiger partial charge in [0.05, 0.1) is 6.10 Å². The summed E-state index contributed by atoms with van der Waals surface area (Å²) in [4.78, 5) is 14.2. The maximum atomic E-state index is 12.4. The second kappa shape index (κ2) is 7.52. The topological polar surface area (TPSA) is 67.3 Å². The van der Waals surface area contributed by atoms with Crippen molar-refractivity contribution in [1.82, 2.24) is 14.5 Å². The van der Waals surface area contributed by atoms with Gasteiger partial charge >= 0.3 is 6.03 Å². The molecule has 1 aromatic heterocycles. The number of benzene rings is 1. The zero-order valence-corrected chi connectivity index (χ0v) is 13.9. The highest BCUT2D eigenvalue weighted by Crippen LogP contribution is 2.20. The molecule has 1 aliphatic rings. The molecule has 2 amide bonds. The van der Waals surface area contributed by atoms with Crippen molar-refractivity contribution in [3.05, 3.63) is 29.6 Å². The van der Waals surface area contributed by atoms with Crippen LogP contribution in [0.5, 0.6) is 0 Å². The number of nitrogens with one attached hydrogen (secondary N) is 1. The molecule has 1 N–H and O–H groups in total. The molecular weight excluding hydrogens is 312 g/mol. The first-order valence-corrected chi connectivity index (χ1v) is 8.65. The molecule has 7 heteroatoms. The van der Waals surface area contributed by atoms with Gasteiger partial charge in [0.1, 0.15) is 5.69 Å². The van der Waals surface area contributed by atoms with Gasteiger partial charge in [-0.25, -0.2) is 4.79 Å². The lowest BCUT2D eigenvalue weighted by Gasteiger charge is -2.24. The van der Waals surface area contributed by atoms with Crippen LogP contribution in [0.4, 0.5) is 10.5 Å². The summed E-state index contributed by atoms with van der Waals surface area (Å²) in [7, 11) is 0. The number of amides is 2. The number of carbonyl (C=O) groups is 1. The standard InChI is InChI=1S/C16H20N4O2S/c1-2-20(10-14-4-3-9-22-14)16(21)17-13-7-5-12(6-8-13)15-11-23-19-18-15/h5-8,11,14H,2-4,9-10H2,1H3,(H,17,21)/t14-/m1/s1. The SMILES string of the molecule is CCN(C[C@H]1CCCO1)C(=O)Nc1ccc(-c2csnn2)cc1. The average Bonchev–Trinajstić information content (AvgIpc) is 3.27. The fourth-order valence-electron chi connectivity index (χ4n) is 2.61. The van der Waals surface area contributed by atoms with Crippen LogP contribution in [0.25, 0.3) is 11.3 Å². The van der Waals surface area contributed by atoms with E-state index in [0.29, 0.717) is 13.1 Å². The Morgan fingerprint density at radius 1 is 1.43 bits per heavy atom. The molecular formula is C16H20N4O2S. The molecule has 1 atom stereocenters. The number of aromatic nitrogens is 2. The minimum absolute atomic E-state index is 0.0916. The molecule has 1 fully saturated rings. The van der Waals surface area contributed by atoms with Crippen LogP contribution >= 0.6 is 11.5 Å². The number of hydrogen-bond donors (Lipinski definition) is 1. The molecule has 0 radical (unpaired) electrons. The number of nitrogens with zero attached hydrogens (tertiary/aromatic N) is 3. The van der Waals surface area contributed by atoms with E-state index in [1.165, 1.54) is 11.5 Å². The summed E-state index contributed by atoms with van der Waals surface area (Å²) < 4.78 is 9.46. The summed E-state index contributed by atoms with van der Waals surface area (Å²) in [5.74, 6) is 0. The normalized spacial score (nSPS) is 17.2. The van der Waals surface area contributed by atoms with Gasteiger partial charge in [-0.15, -0.1) is 5.10 Å². The molecule has 2 heterocycles. The first-order chi connectivity index (χ1) is 11.3. The Bertz CT molecular complexity index is 624. The predicted molar refractivity (Wildman–Crippen MR) is 90.6 cm³/mol. The Balaban J connectivity index is 1.59. The summed E-state index contributed by atoms with van der Waals surface area (Å²) in [5.41, 5.74) is 2.61. The predicted octanol–water partition coefficient (Wildman–Crippen LogP) is 3.24. The highest BCUT2D eigenvalue weighted by Gasteiger charge is 2.21. The summed E-state index contributed by atoms with van der Waals surface area (Å²) in [6.45, 7) is 4.09. The Morgan fingerprint density at radius 2 is 2.26 bits per heavy atom. The highest BCUT2D eigenvalue weighted by molar-refractivity contribution is 7.03. The zero-order chi connectivity index (χ0) is 16.1. The monoisotopic (exact) mass is 332 g/mol. The lowest BCUT2D eigenvalue weighted by atomic mass is 10.1. The zero-order valence-electron chi connectivity index (χ0n) is 13.1. The largest absolute Gasteiger partial charge is 0.376 e. The molecule has 3 rings (SSSR count). The van der Waals surface area contributed by atoms with Crippen LogP contribution in [0.1, 0.15) is 19.8 Å². The van der Waals surface area contributed by atoms with Gasteiger partial charge in [0.25, 0.3) is 0 Å². The first kappa shape index (κ1) is 15.9. The molecule has 2 aromatic rings. The van der Waals surface area contributed by atoms with Gasteiger partial charge in [-0.05, 0) is 43.4 Å². The smallest absolute Gasteiger partial charge is 0.321 e. The Hall–Kier alpha value is -1.99. The third-order valence-electron chi connectivity index (χ3n) is 3.91. The summed E-state index contributed by atoms with van der Waals surface area (Å²) in [6, 6.07) is 7.54. The van der Waals surface area contributed by atoms with E-state index >= 15 is 0 Å². The van der Waals surface area contributed by atoms with Gasteiger partial charge in [0.15, 0.2) is 0 Å². The third-order valence-corrected chi connectivity index (χ3v) is 4.41. The van der Waals surface area contributed by atoms with Gasteiger partial charge < -0.3 is 15.0 Å². The van der Waals surface area contributed by atoms with Crippen LogP contribution in [-0.2, 0) is 4.74 Å². The number of ether oxygens (including phenoxy) is 1. The van der Waals surface area contributed by atoms with Crippen molar-refractivity contribution in [1.29, 1.82) is 0 Å². The van der Waals surface area contributed by atoms with Gasteiger partial charge in [0, 0.05) is 36.3 Å². The Labute approximate surface area is 139 Å². The first-order valence-electron chi connectivity index (χ1n) is 7.81. The van der Waals surface area contributed by atoms with Crippen molar-refractivity contribution in [3.8, 4) is 11.3 Å². The highest BCUT2D eigenvalue weighted by atomic mass is 32.1. The number of hydrogen-bond acceptors (Lipinski definition) is 5. The second-order valence-corrected chi connectivity index (χ2v) is 6.08. The number of anilines is 1. The second-order valence-electron chi connectivity index (χ2n) is 5.47. The summed E-state index contributed by atoms with van der Waals surface area (Å²) in [5, 5.41) is 8.87. The van der Waals surface area contributed by atoms with E-state index in [2.05, 4.69) is 14.9 Å². The minimum atomic E-state index is -0.0916. The van der Waals surface area contributed by atoms with E-state index in [0.717, 1.165) is 36.4 Å². The van der Waals surface area contributed by atoms with E-state index in [1.807, 2.05) is 36.6 Å². The van der Waals surface area contributed by atoms with E-state index in [1.54, 1.807) is 4.90 Å². The number of urea groups is 1. The van der Waals surface area contributed by atoms with E-state index < -0.39 is 0 Å². The van der Waals surface area contributed by atoms with E-state index in [-0.39, 0.29) is 12.1 Å². The number of rotatable bonds is 5. The fourth-order valence-corrected chi connectivity index (χ4v) is 3.07. The van der Waals surface area contributed by atoms with Crippen molar-refractivity contribution in [2.75, 3.05) is 25.0 Å². The summed E-state index contributed by atoms with van der Waals surface area (Å²) in [6.07, 6.45) is 2.27. The van der Waals surface area contributed by atoms with Gasteiger partial charge in [0.2, 0.25) is 0 Å². The number of likely N-dealkylation sites (N-methyl/N-ethyl adjacent to an activating group) is 1. The van der Waals surface area contributed by atoms with Gasteiger partial charge in [-0.3, -0.25) is 0 Å². The lowest BCUT2D eigenvalue weighted by Crippen LogP contribution is -2.39. The van der Waals surface area contributed by atoms with Gasteiger partial charge in [-0.1, -0.05) is 16.6 Å². The van der Waals surface area contributed by atoms with E-state index in [9.17, 15) is 4.79 Å². The maximum Gasteiger partial charge on any atom is 0.321 e. The van der Waals surface area contributed by atoms with Crippen molar-refractivity contribution in [2.45, 2.75) is 25.9 Å². The average molecular weight is 332 g/mol. The van der Waals surface area contributed by atoms with Crippen molar-refractivity contribution in [3.63, 3.8) is 0 Å². The molecule has 0 aliphatic carbocycles. The molecule has 23 heavy (non-hydrogen) atoms. The fraction of sp³-hybridized carbons (Fsp3) is 0.438. The Kier molecular flexibility index (Phi) is 5.19. The van der Waals surface area contributed by atoms with Crippen molar-refractivity contribution >= 4 is 23.3 Å². The van der Waals surface area contributed by atoms with Crippen molar-refractivity contribution in [2.24, 2.45) is 0 Å². The van der Waals surface area contributed by atoms with Crippen molar-refractivity contribution < 1.29 is 9.53 Å². The maximum absolute atomic E-state index is 12.4. The molecule has 0 saturated carbocycles.